The second-order valence-electron chi connectivity index (χ2n) is 8.08. The van der Waals surface area contributed by atoms with Crippen LogP contribution in [0.15, 0.2) is 39.9 Å². The Labute approximate surface area is 196 Å². The number of carbonyl (C=O) groups excluding carboxylic acids is 2. The Balaban J connectivity index is 1.31. The van der Waals surface area contributed by atoms with Crippen molar-refractivity contribution < 1.29 is 27.1 Å². The molecule has 0 aliphatic carbocycles. The third kappa shape index (κ3) is 5.60. The van der Waals surface area contributed by atoms with Crippen LogP contribution in [0.25, 0.3) is 0 Å². The molecule has 1 aromatic heterocycles. The van der Waals surface area contributed by atoms with Crippen LogP contribution in [0.5, 0.6) is 0 Å². The number of piperidine rings is 1. The van der Waals surface area contributed by atoms with E-state index < -0.39 is 10.0 Å². The smallest absolute Gasteiger partial charge is 0.254 e. The monoisotopic (exact) mass is 495 g/mol. The molecule has 11 heteroatoms. The molecule has 1 N–H and O–H groups in total. The van der Waals surface area contributed by atoms with Crippen LogP contribution in [0.2, 0.25) is 0 Å². The number of nitrogens with zero attached hydrogens (tertiary/aromatic N) is 2. The number of sulfonamides is 1. The largest absolute Gasteiger partial charge is 0.378 e. The van der Waals surface area contributed by atoms with Gasteiger partial charge in [-0.2, -0.15) is 4.31 Å². The number of ether oxygens (including phenoxy) is 1. The minimum Gasteiger partial charge on any atom is -0.378 e. The molecule has 2 aliphatic heterocycles. The highest BCUT2D eigenvalue weighted by Gasteiger charge is 2.33. The highest BCUT2D eigenvalue weighted by Crippen LogP contribution is 2.28. The Morgan fingerprint density at radius 3 is 2.42 bits per heavy atom. The van der Waals surface area contributed by atoms with Gasteiger partial charge in [-0.3, -0.25) is 9.59 Å². The molecule has 2 fully saturated rings. The van der Waals surface area contributed by atoms with Crippen LogP contribution in [0.4, 0.5) is 4.39 Å². The van der Waals surface area contributed by atoms with E-state index in [2.05, 4.69) is 5.32 Å². The van der Waals surface area contributed by atoms with Gasteiger partial charge in [0.05, 0.1) is 18.8 Å². The first-order valence-corrected chi connectivity index (χ1v) is 13.1. The Morgan fingerprint density at radius 1 is 1.09 bits per heavy atom. The molecule has 2 aliphatic rings. The summed E-state index contributed by atoms with van der Waals surface area (Å²) in [6.07, 6.45) is 0.832. The molecular weight excluding hydrogens is 469 g/mol. The molecule has 3 heterocycles. The maximum Gasteiger partial charge on any atom is 0.254 e. The van der Waals surface area contributed by atoms with Gasteiger partial charge in [0.1, 0.15) is 10.0 Å². The predicted octanol–water partition coefficient (Wildman–Crippen LogP) is 2.08. The van der Waals surface area contributed by atoms with E-state index >= 15 is 0 Å². The number of halogens is 1. The molecule has 0 spiro atoms. The lowest BCUT2D eigenvalue weighted by Crippen LogP contribution is -2.42. The number of carbonyl (C=O) groups is 2. The molecule has 0 unspecified atom stereocenters. The standard InChI is InChI=1S/C22H26FN3O5S2/c23-19-3-1-16(2-4-19)14-24-21(27)17-5-7-26(8-6-17)33(29,30)20-13-18(15-32-20)22(28)25-9-11-31-12-10-25/h1-4,13,15,17H,5-12,14H2,(H,24,27). The van der Waals surface area contributed by atoms with Gasteiger partial charge in [-0.25, -0.2) is 12.8 Å². The van der Waals surface area contributed by atoms with Gasteiger partial charge in [-0.1, -0.05) is 12.1 Å². The maximum absolute atomic E-state index is 13.1. The minimum absolute atomic E-state index is 0.133. The van der Waals surface area contributed by atoms with Crippen LogP contribution in [-0.2, 0) is 26.1 Å². The quantitative estimate of drug-likeness (QED) is 0.662. The third-order valence-electron chi connectivity index (χ3n) is 5.92. The van der Waals surface area contributed by atoms with E-state index in [1.807, 2.05) is 0 Å². The van der Waals surface area contributed by atoms with Crippen LogP contribution in [0.1, 0.15) is 28.8 Å². The first-order valence-electron chi connectivity index (χ1n) is 10.8. The summed E-state index contributed by atoms with van der Waals surface area (Å²) in [5.74, 6) is -0.931. The van der Waals surface area contributed by atoms with Crippen LogP contribution in [-0.4, -0.2) is 68.8 Å². The molecule has 1 aromatic carbocycles. The fraction of sp³-hybridized carbons (Fsp3) is 0.455. The maximum atomic E-state index is 13.1. The molecule has 0 saturated carbocycles. The van der Waals surface area contributed by atoms with Crippen molar-refractivity contribution in [3.8, 4) is 0 Å². The van der Waals surface area contributed by atoms with E-state index in [-0.39, 0.29) is 40.8 Å². The zero-order valence-electron chi connectivity index (χ0n) is 18.0. The van der Waals surface area contributed by atoms with Crippen molar-refractivity contribution in [3.63, 3.8) is 0 Å². The number of hydrogen-bond donors (Lipinski definition) is 1. The summed E-state index contributed by atoms with van der Waals surface area (Å²) in [6.45, 7) is 2.72. The van der Waals surface area contributed by atoms with Crippen LogP contribution in [0.3, 0.4) is 0 Å². The molecule has 4 rings (SSSR count). The zero-order valence-corrected chi connectivity index (χ0v) is 19.7. The number of rotatable bonds is 6. The third-order valence-corrected chi connectivity index (χ3v) is 9.23. The van der Waals surface area contributed by atoms with Gasteiger partial charge in [0, 0.05) is 44.0 Å². The topological polar surface area (TPSA) is 96.0 Å². The minimum atomic E-state index is -3.72. The average molecular weight is 496 g/mol. The normalized spacial score (nSPS) is 18.3. The number of thiophene rings is 1. The van der Waals surface area contributed by atoms with E-state index in [1.54, 1.807) is 22.4 Å². The van der Waals surface area contributed by atoms with E-state index in [1.165, 1.54) is 22.5 Å². The molecule has 2 amide bonds. The summed E-state index contributed by atoms with van der Waals surface area (Å²) in [5.41, 5.74) is 1.17. The summed E-state index contributed by atoms with van der Waals surface area (Å²) < 4.78 is 45.9. The van der Waals surface area contributed by atoms with Crippen LogP contribution in [0, 0.1) is 11.7 Å². The summed E-state index contributed by atoms with van der Waals surface area (Å²) in [6, 6.07) is 7.36. The van der Waals surface area contributed by atoms with Crippen LogP contribution >= 0.6 is 11.3 Å². The fourth-order valence-corrected chi connectivity index (χ4v) is 6.71. The van der Waals surface area contributed by atoms with Gasteiger partial charge >= 0.3 is 0 Å². The Hall–Kier alpha value is -2.34. The summed E-state index contributed by atoms with van der Waals surface area (Å²) in [7, 11) is -3.72. The van der Waals surface area contributed by atoms with E-state index in [4.69, 9.17) is 4.74 Å². The van der Waals surface area contributed by atoms with Gasteiger partial charge < -0.3 is 15.0 Å². The van der Waals surface area contributed by atoms with Crippen molar-refractivity contribution in [3.05, 3.63) is 52.7 Å². The number of amides is 2. The molecule has 0 radical (unpaired) electrons. The van der Waals surface area contributed by atoms with Crippen molar-refractivity contribution in [2.24, 2.45) is 5.92 Å². The van der Waals surface area contributed by atoms with Gasteiger partial charge in [0.25, 0.3) is 15.9 Å². The second kappa shape index (κ2) is 10.3. The molecule has 2 aromatic rings. The van der Waals surface area contributed by atoms with Crippen molar-refractivity contribution >= 4 is 33.2 Å². The van der Waals surface area contributed by atoms with Crippen LogP contribution < -0.4 is 5.32 Å². The summed E-state index contributed by atoms with van der Waals surface area (Å²) in [4.78, 5) is 26.8. The molecular formula is C22H26FN3O5S2. The Kier molecular flexibility index (Phi) is 7.42. The van der Waals surface area contributed by atoms with E-state index in [9.17, 15) is 22.4 Å². The summed E-state index contributed by atoms with van der Waals surface area (Å²) >= 11 is 1.04. The molecule has 178 valence electrons. The average Bonchev–Trinajstić information content (AvgIpc) is 3.35. The van der Waals surface area contributed by atoms with E-state index in [0.717, 1.165) is 16.9 Å². The Morgan fingerprint density at radius 2 is 1.76 bits per heavy atom. The van der Waals surface area contributed by atoms with Gasteiger partial charge in [0.15, 0.2) is 0 Å². The number of morpholine rings is 1. The first kappa shape index (κ1) is 23.8. The number of hydrogen-bond acceptors (Lipinski definition) is 6. The van der Waals surface area contributed by atoms with Crippen molar-refractivity contribution in [1.82, 2.24) is 14.5 Å². The summed E-state index contributed by atoms with van der Waals surface area (Å²) in [5, 5.41) is 4.43. The van der Waals surface area contributed by atoms with Crippen molar-refractivity contribution in [1.29, 1.82) is 0 Å². The number of nitrogens with one attached hydrogen (secondary N) is 1. The van der Waals surface area contributed by atoms with Gasteiger partial charge in [-0.15, -0.1) is 11.3 Å². The van der Waals surface area contributed by atoms with Gasteiger partial charge in [0.2, 0.25) is 5.91 Å². The zero-order chi connectivity index (χ0) is 23.4. The number of benzene rings is 1. The lowest BCUT2D eigenvalue weighted by Gasteiger charge is -2.30. The SMILES string of the molecule is O=C(NCc1ccc(F)cc1)C1CCN(S(=O)(=O)c2cc(C(=O)N3CCOCC3)cs2)CC1. The lowest BCUT2D eigenvalue weighted by atomic mass is 9.97. The second-order valence-corrected chi connectivity index (χ2v) is 11.2. The van der Waals surface area contributed by atoms with Crippen molar-refractivity contribution in [2.75, 3.05) is 39.4 Å². The first-order chi connectivity index (χ1) is 15.8. The molecule has 2 saturated heterocycles. The molecule has 33 heavy (non-hydrogen) atoms. The van der Waals surface area contributed by atoms with Gasteiger partial charge in [-0.05, 0) is 36.6 Å². The van der Waals surface area contributed by atoms with E-state index in [0.29, 0.717) is 51.3 Å². The fourth-order valence-electron chi connectivity index (χ4n) is 3.93. The predicted molar refractivity (Wildman–Crippen MR) is 121 cm³/mol. The highest BCUT2D eigenvalue weighted by molar-refractivity contribution is 7.91. The molecule has 0 atom stereocenters. The van der Waals surface area contributed by atoms with Crippen molar-refractivity contribution in [2.45, 2.75) is 23.6 Å². The molecule has 8 nitrogen and oxygen atoms in total. The molecule has 0 bridgehead atoms. The Bertz CT molecular complexity index is 1090. The highest BCUT2D eigenvalue weighted by atomic mass is 32.2. The lowest BCUT2D eigenvalue weighted by molar-refractivity contribution is -0.126.